The molecule has 0 bridgehead atoms. The fourth-order valence-corrected chi connectivity index (χ4v) is 2.98. The molecule has 0 fully saturated rings. The largest absolute Gasteiger partial charge is 0.333 e. The van der Waals surface area contributed by atoms with Crippen LogP contribution in [0.2, 0.25) is 0 Å². The van der Waals surface area contributed by atoms with Crippen molar-refractivity contribution in [1.82, 2.24) is 10.3 Å². The van der Waals surface area contributed by atoms with Crippen LogP contribution < -0.4 is 15.6 Å². The maximum atomic E-state index is 5.49. The summed E-state index contributed by atoms with van der Waals surface area (Å²) < 4.78 is 0. The fraction of sp³-hybridized carbons (Fsp3) is 0.211. The molecule has 2 aromatic rings. The van der Waals surface area contributed by atoms with Crippen LogP contribution in [0.5, 0.6) is 0 Å². The highest BCUT2D eigenvalue weighted by Gasteiger charge is 2.25. The van der Waals surface area contributed by atoms with Gasteiger partial charge in [0.05, 0.1) is 23.6 Å². The van der Waals surface area contributed by atoms with Gasteiger partial charge in [0, 0.05) is 12.7 Å². The lowest BCUT2D eigenvalue weighted by Crippen LogP contribution is -2.35. The first-order valence-corrected chi connectivity index (χ1v) is 8.36. The van der Waals surface area contributed by atoms with Crippen molar-refractivity contribution in [1.29, 1.82) is 0 Å². The van der Waals surface area contributed by atoms with Gasteiger partial charge in [-0.05, 0) is 49.8 Å². The van der Waals surface area contributed by atoms with E-state index in [0.29, 0.717) is 5.11 Å². The molecule has 124 valence electrons. The van der Waals surface area contributed by atoms with Crippen molar-refractivity contribution >= 4 is 28.7 Å². The van der Waals surface area contributed by atoms with Crippen molar-refractivity contribution in [3.05, 3.63) is 71.6 Å². The number of para-hydroxylation sites is 2. The zero-order chi connectivity index (χ0) is 17.1. The van der Waals surface area contributed by atoms with Crippen LogP contribution in [-0.4, -0.2) is 23.7 Å². The molecule has 3 rings (SSSR count). The molecule has 0 saturated heterocycles. The van der Waals surface area contributed by atoms with Gasteiger partial charge in [-0.1, -0.05) is 36.4 Å². The molecular formula is C19H22N4S. The van der Waals surface area contributed by atoms with Crippen LogP contribution >= 0.6 is 12.2 Å². The van der Waals surface area contributed by atoms with Crippen LogP contribution in [0.15, 0.2) is 66.0 Å². The van der Waals surface area contributed by atoms with Crippen molar-refractivity contribution in [2.75, 3.05) is 23.9 Å². The van der Waals surface area contributed by atoms with Crippen LogP contribution in [0, 0.1) is 6.92 Å². The minimum Gasteiger partial charge on any atom is -0.333 e. The first-order chi connectivity index (χ1) is 11.6. The minimum absolute atomic E-state index is 0.613. The molecule has 0 atom stereocenters. The number of benzene rings is 2. The number of allylic oxidation sites excluding steroid dienone is 1. The Hall–Kier alpha value is -2.53. The molecule has 0 aliphatic carbocycles. The predicted octanol–water partition coefficient (Wildman–Crippen LogP) is 3.88. The van der Waals surface area contributed by atoms with E-state index in [1.54, 1.807) is 0 Å². The van der Waals surface area contributed by atoms with Gasteiger partial charge in [0.1, 0.15) is 0 Å². The van der Waals surface area contributed by atoms with E-state index in [9.17, 15) is 0 Å². The summed E-state index contributed by atoms with van der Waals surface area (Å²) in [4.78, 5) is 0. The highest BCUT2D eigenvalue weighted by Crippen LogP contribution is 2.26. The van der Waals surface area contributed by atoms with Crippen LogP contribution in [-0.2, 0) is 0 Å². The first-order valence-electron chi connectivity index (χ1n) is 7.96. The zero-order valence-electron chi connectivity index (χ0n) is 14.2. The third-order valence-electron chi connectivity index (χ3n) is 4.30. The highest BCUT2D eigenvalue weighted by atomic mass is 32.1. The van der Waals surface area contributed by atoms with E-state index in [2.05, 4.69) is 59.7 Å². The molecule has 1 aliphatic rings. The second kappa shape index (κ2) is 6.93. The average molecular weight is 338 g/mol. The normalized spacial score (nSPS) is 14.1. The van der Waals surface area contributed by atoms with Gasteiger partial charge < -0.3 is 10.6 Å². The fourth-order valence-electron chi connectivity index (χ4n) is 2.74. The summed E-state index contributed by atoms with van der Waals surface area (Å²) in [7, 11) is 2.06. The van der Waals surface area contributed by atoms with Crippen molar-refractivity contribution in [2.45, 2.75) is 13.8 Å². The number of anilines is 2. The molecular weight excluding hydrogens is 316 g/mol. The Morgan fingerprint density at radius 2 is 1.62 bits per heavy atom. The van der Waals surface area contributed by atoms with Gasteiger partial charge in [-0.2, -0.15) is 0 Å². The van der Waals surface area contributed by atoms with E-state index in [-0.39, 0.29) is 0 Å². The quantitative estimate of drug-likeness (QED) is 0.830. The van der Waals surface area contributed by atoms with Gasteiger partial charge in [-0.15, -0.1) is 0 Å². The van der Waals surface area contributed by atoms with E-state index in [1.165, 1.54) is 5.56 Å². The first kappa shape index (κ1) is 16.3. The molecule has 0 unspecified atom stereocenters. The summed E-state index contributed by atoms with van der Waals surface area (Å²) in [5.41, 5.74) is 5.62. The summed E-state index contributed by atoms with van der Waals surface area (Å²) in [6.07, 6.45) is 0. The lowest BCUT2D eigenvalue weighted by molar-refractivity contribution is 0.422. The highest BCUT2D eigenvalue weighted by molar-refractivity contribution is 7.80. The monoisotopic (exact) mass is 338 g/mol. The van der Waals surface area contributed by atoms with Crippen molar-refractivity contribution in [3.8, 4) is 0 Å². The molecule has 1 aliphatic heterocycles. The topological polar surface area (TPSA) is 30.5 Å². The Labute approximate surface area is 148 Å². The minimum atomic E-state index is 0.613. The molecule has 5 heteroatoms. The Balaban J connectivity index is 1.69. The van der Waals surface area contributed by atoms with E-state index >= 15 is 0 Å². The molecule has 2 aromatic carbocycles. The van der Waals surface area contributed by atoms with Gasteiger partial charge >= 0.3 is 0 Å². The summed E-state index contributed by atoms with van der Waals surface area (Å²) in [5.74, 6) is 0. The number of nitrogens with zero attached hydrogens (tertiary/aromatic N) is 2. The number of aryl methyl sites for hydroxylation is 1. The molecule has 24 heavy (non-hydrogen) atoms. The summed E-state index contributed by atoms with van der Waals surface area (Å²) in [5, 5.41) is 11.6. The molecule has 4 nitrogen and oxygen atoms in total. The average Bonchev–Trinajstić information content (AvgIpc) is 2.86. The number of rotatable bonds is 3. The Kier molecular flexibility index (Phi) is 4.71. The Morgan fingerprint density at radius 1 is 0.958 bits per heavy atom. The maximum absolute atomic E-state index is 5.49. The number of thiocarbonyl (C=S) groups is 1. The van der Waals surface area contributed by atoms with E-state index in [1.807, 2.05) is 36.4 Å². The van der Waals surface area contributed by atoms with E-state index < -0.39 is 0 Å². The number of hydrogen-bond donors (Lipinski definition) is 2. The number of nitrogens with one attached hydrogen (secondary N) is 2. The second-order valence-electron chi connectivity index (χ2n) is 5.87. The standard InChI is InChI=1S/C19H22N4S/c1-14-9-7-8-12-17(14)20-19(24)21-18-13-23(22(3)15(18)2)16-10-5-4-6-11-16/h4-12H,13H2,1-3H3,(H2,20,21,24). The molecule has 0 aromatic heterocycles. The molecule has 0 radical (unpaired) electrons. The van der Waals surface area contributed by atoms with Crippen LogP contribution in [0.1, 0.15) is 12.5 Å². The van der Waals surface area contributed by atoms with Crippen LogP contribution in [0.25, 0.3) is 0 Å². The van der Waals surface area contributed by atoms with Gasteiger partial charge in [0.2, 0.25) is 0 Å². The predicted molar refractivity (Wildman–Crippen MR) is 105 cm³/mol. The van der Waals surface area contributed by atoms with Gasteiger partial charge in [-0.25, -0.2) is 0 Å². The molecule has 0 saturated carbocycles. The molecule has 0 amide bonds. The van der Waals surface area contributed by atoms with Crippen molar-refractivity contribution in [3.63, 3.8) is 0 Å². The SMILES string of the molecule is CC1=C(NC(=S)Nc2ccccc2C)CN(c2ccccc2)N1C. The van der Waals surface area contributed by atoms with Gasteiger partial charge in [0.15, 0.2) is 5.11 Å². The Bertz CT molecular complexity index is 770. The summed E-state index contributed by atoms with van der Waals surface area (Å²) >= 11 is 5.49. The van der Waals surface area contributed by atoms with Crippen LogP contribution in [0.4, 0.5) is 11.4 Å². The van der Waals surface area contributed by atoms with Crippen molar-refractivity contribution in [2.24, 2.45) is 0 Å². The lowest BCUT2D eigenvalue weighted by atomic mass is 10.2. The van der Waals surface area contributed by atoms with Crippen LogP contribution in [0.3, 0.4) is 0 Å². The molecule has 0 spiro atoms. The third kappa shape index (κ3) is 3.36. The molecule has 1 heterocycles. The van der Waals surface area contributed by atoms with Crippen molar-refractivity contribution < 1.29 is 0 Å². The lowest BCUT2D eigenvalue weighted by Gasteiger charge is -2.29. The Morgan fingerprint density at radius 3 is 2.33 bits per heavy atom. The van der Waals surface area contributed by atoms with E-state index in [4.69, 9.17) is 12.2 Å². The second-order valence-corrected chi connectivity index (χ2v) is 6.28. The van der Waals surface area contributed by atoms with Gasteiger partial charge in [-0.3, -0.25) is 10.0 Å². The smallest absolute Gasteiger partial charge is 0.175 e. The molecule has 2 N–H and O–H groups in total. The zero-order valence-corrected chi connectivity index (χ0v) is 15.0. The number of hydrogen-bond acceptors (Lipinski definition) is 3. The van der Waals surface area contributed by atoms with Gasteiger partial charge in [0.25, 0.3) is 0 Å². The summed E-state index contributed by atoms with van der Waals surface area (Å²) in [6.45, 7) is 4.93. The maximum Gasteiger partial charge on any atom is 0.175 e. The third-order valence-corrected chi connectivity index (χ3v) is 4.51. The van der Waals surface area contributed by atoms with E-state index in [0.717, 1.165) is 29.3 Å². The number of hydrazine groups is 1. The summed E-state index contributed by atoms with van der Waals surface area (Å²) in [6, 6.07) is 18.5.